The van der Waals surface area contributed by atoms with Gasteiger partial charge in [0.2, 0.25) is 0 Å². The van der Waals surface area contributed by atoms with Crippen LogP contribution >= 0.6 is 15.9 Å². The van der Waals surface area contributed by atoms with Crippen molar-refractivity contribution in [3.05, 3.63) is 35.9 Å². The van der Waals surface area contributed by atoms with Crippen LogP contribution in [0.5, 0.6) is 0 Å². The summed E-state index contributed by atoms with van der Waals surface area (Å²) in [7, 11) is 0. The molecule has 1 aromatic rings. The second-order valence-corrected chi connectivity index (χ2v) is 5.28. The molecular weight excluding hydrogens is 276 g/mol. The molecule has 0 aliphatic carbocycles. The summed E-state index contributed by atoms with van der Waals surface area (Å²) < 4.78 is 26.5. The van der Waals surface area contributed by atoms with Gasteiger partial charge in [-0.15, -0.1) is 0 Å². The number of nitrogens with zero attached hydrogens (tertiary/aromatic N) is 1. The van der Waals surface area contributed by atoms with Gasteiger partial charge in [0.15, 0.2) is 0 Å². The molecule has 0 aromatic heterocycles. The summed E-state index contributed by atoms with van der Waals surface area (Å²) in [6.45, 7) is 0.421. The summed E-state index contributed by atoms with van der Waals surface area (Å²) in [6, 6.07) is 9.72. The predicted molar refractivity (Wildman–Crippen MR) is 63.7 cm³/mol. The van der Waals surface area contributed by atoms with Crippen LogP contribution in [-0.2, 0) is 6.54 Å². The third-order valence-electron chi connectivity index (χ3n) is 2.81. The van der Waals surface area contributed by atoms with Crippen molar-refractivity contribution >= 4 is 15.9 Å². The van der Waals surface area contributed by atoms with Crippen LogP contribution in [0, 0.1) is 0 Å². The molecule has 0 saturated carbocycles. The molecule has 1 heterocycles. The molecule has 1 aromatic carbocycles. The van der Waals surface area contributed by atoms with E-state index in [-0.39, 0.29) is 17.9 Å². The molecule has 88 valence electrons. The van der Waals surface area contributed by atoms with Crippen LogP contribution in [0.15, 0.2) is 30.3 Å². The molecule has 1 nitrogen and oxygen atoms in total. The lowest BCUT2D eigenvalue weighted by Gasteiger charge is -2.36. The summed E-state index contributed by atoms with van der Waals surface area (Å²) in [6.07, 6.45) is 0.480. The smallest absolute Gasteiger partial charge is 0.260 e. The van der Waals surface area contributed by atoms with Gasteiger partial charge in [-0.2, -0.15) is 0 Å². The monoisotopic (exact) mass is 289 g/mol. The fourth-order valence-corrected chi connectivity index (χ4v) is 2.48. The molecule has 0 radical (unpaired) electrons. The first kappa shape index (κ1) is 12.0. The third kappa shape index (κ3) is 3.01. The number of halogens is 3. The maximum Gasteiger partial charge on any atom is 0.260 e. The number of hydrogen-bond acceptors (Lipinski definition) is 1. The molecule has 1 fully saturated rings. The topological polar surface area (TPSA) is 3.24 Å². The standard InChI is InChI=1S/C12H14BrF2N/c13-11-6-7-12(14,15)9-16(11)8-10-4-2-1-3-5-10/h1-5,11H,6-9H2. The second kappa shape index (κ2) is 4.80. The van der Waals surface area contributed by atoms with Crippen molar-refractivity contribution in [3.63, 3.8) is 0 Å². The predicted octanol–water partition coefficient (Wildman–Crippen LogP) is 3.64. The zero-order chi connectivity index (χ0) is 11.6. The van der Waals surface area contributed by atoms with Crippen molar-refractivity contribution in [3.8, 4) is 0 Å². The van der Waals surface area contributed by atoms with Gasteiger partial charge in [-0.3, -0.25) is 4.90 Å². The highest BCUT2D eigenvalue weighted by Gasteiger charge is 2.38. The van der Waals surface area contributed by atoms with Gasteiger partial charge in [-0.25, -0.2) is 8.78 Å². The minimum atomic E-state index is -2.54. The van der Waals surface area contributed by atoms with Gasteiger partial charge >= 0.3 is 0 Å². The molecule has 16 heavy (non-hydrogen) atoms. The molecule has 1 aliphatic rings. The van der Waals surface area contributed by atoms with E-state index in [1.165, 1.54) is 0 Å². The molecule has 0 spiro atoms. The highest BCUT2D eigenvalue weighted by Crippen LogP contribution is 2.33. The minimum absolute atomic E-state index is 0.0196. The summed E-state index contributed by atoms with van der Waals surface area (Å²) in [5.74, 6) is -2.54. The number of hydrogen-bond donors (Lipinski definition) is 0. The molecule has 0 amide bonds. The van der Waals surface area contributed by atoms with E-state index in [0.29, 0.717) is 13.0 Å². The van der Waals surface area contributed by atoms with E-state index >= 15 is 0 Å². The van der Waals surface area contributed by atoms with E-state index in [0.717, 1.165) is 5.56 Å². The highest BCUT2D eigenvalue weighted by molar-refractivity contribution is 9.09. The van der Waals surface area contributed by atoms with Crippen molar-refractivity contribution in [2.45, 2.75) is 30.3 Å². The molecule has 0 N–H and O–H groups in total. The molecule has 1 aliphatic heterocycles. The van der Waals surface area contributed by atoms with E-state index in [9.17, 15) is 8.78 Å². The molecule has 4 heteroatoms. The highest BCUT2D eigenvalue weighted by atomic mass is 79.9. The zero-order valence-corrected chi connectivity index (χ0v) is 10.5. The number of likely N-dealkylation sites (tertiary alicyclic amines) is 1. The first-order chi connectivity index (χ1) is 7.57. The average molecular weight is 290 g/mol. The average Bonchev–Trinajstić information content (AvgIpc) is 2.25. The fourth-order valence-electron chi connectivity index (χ4n) is 1.96. The Balaban J connectivity index is 2.03. The van der Waals surface area contributed by atoms with Gasteiger partial charge in [0, 0.05) is 13.0 Å². The lowest BCUT2D eigenvalue weighted by atomic mass is 10.1. The van der Waals surface area contributed by atoms with Gasteiger partial charge in [-0.05, 0) is 12.0 Å². The SMILES string of the molecule is FC1(F)CCC(Br)N(Cc2ccccc2)C1. The van der Waals surface area contributed by atoms with Gasteiger partial charge in [-0.1, -0.05) is 46.3 Å². The van der Waals surface area contributed by atoms with Gasteiger partial charge in [0.05, 0.1) is 11.5 Å². The number of alkyl halides is 3. The van der Waals surface area contributed by atoms with Crippen molar-refractivity contribution in [2.24, 2.45) is 0 Å². The molecule has 0 bridgehead atoms. The fraction of sp³-hybridized carbons (Fsp3) is 0.500. The zero-order valence-electron chi connectivity index (χ0n) is 8.87. The first-order valence-electron chi connectivity index (χ1n) is 5.37. The van der Waals surface area contributed by atoms with Crippen LogP contribution in [0.4, 0.5) is 8.78 Å². The van der Waals surface area contributed by atoms with Gasteiger partial charge in [0.1, 0.15) is 0 Å². The van der Waals surface area contributed by atoms with Crippen molar-refractivity contribution in [1.29, 1.82) is 0 Å². The van der Waals surface area contributed by atoms with E-state index in [1.807, 2.05) is 30.3 Å². The molecule has 1 atom stereocenters. The molecule has 1 saturated heterocycles. The quantitative estimate of drug-likeness (QED) is 0.594. The summed E-state index contributed by atoms with van der Waals surface area (Å²) in [5, 5.41) is 0. The van der Waals surface area contributed by atoms with Crippen LogP contribution in [0.2, 0.25) is 0 Å². The van der Waals surface area contributed by atoms with E-state index in [4.69, 9.17) is 0 Å². The Morgan fingerprint density at radius 1 is 1.31 bits per heavy atom. The molecule has 2 rings (SSSR count). The normalized spacial score (nSPS) is 25.6. The Bertz CT molecular complexity index is 342. The van der Waals surface area contributed by atoms with Crippen LogP contribution in [0.3, 0.4) is 0 Å². The van der Waals surface area contributed by atoms with Crippen LogP contribution in [-0.4, -0.2) is 22.3 Å². The maximum atomic E-state index is 13.3. The van der Waals surface area contributed by atoms with Crippen LogP contribution in [0.25, 0.3) is 0 Å². The maximum absolute atomic E-state index is 13.3. The van der Waals surface area contributed by atoms with Crippen LogP contribution < -0.4 is 0 Å². The number of rotatable bonds is 2. The number of piperidine rings is 1. The Labute approximate surface area is 103 Å². The number of benzene rings is 1. The summed E-state index contributed by atoms with van der Waals surface area (Å²) in [5.41, 5.74) is 1.07. The third-order valence-corrected chi connectivity index (χ3v) is 3.84. The van der Waals surface area contributed by atoms with E-state index in [1.54, 1.807) is 4.90 Å². The summed E-state index contributed by atoms with van der Waals surface area (Å²) >= 11 is 3.46. The van der Waals surface area contributed by atoms with Gasteiger partial charge in [0.25, 0.3) is 5.92 Å². The van der Waals surface area contributed by atoms with Crippen molar-refractivity contribution < 1.29 is 8.78 Å². The largest absolute Gasteiger partial charge is 0.281 e. The molecule has 1 unspecified atom stereocenters. The first-order valence-corrected chi connectivity index (χ1v) is 6.28. The second-order valence-electron chi connectivity index (χ2n) is 4.22. The molecular formula is C12H14BrF2N. The Hall–Kier alpha value is -0.480. The lowest BCUT2D eigenvalue weighted by Crippen LogP contribution is -2.45. The van der Waals surface area contributed by atoms with Gasteiger partial charge < -0.3 is 0 Å². The minimum Gasteiger partial charge on any atom is -0.281 e. The van der Waals surface area contributed by atoms with E-state index < -0.39 is 5.92 Å². The van der Waals surface area contributed by atoms with E-state index in [2.05, 4.69) is 15.9 Å². The lowest BCUT2D eigenvalue weighted by molar-refractivity contribution is -0.0705. The Morgan fingerprint density at radius 3 is 2.69 bits per heavy atom. The Kier molecular flexibility index (Phi) is 3.60. The Morgan fingerprint density at radius 2 is 2.00 bits per heavy atom. The van der Waals surface area contributed by atoms with Crippen LogP contribution in [0.1, 0.15) is 18.4 Å². The van der Waals surface area contributed by atoms with Crippen molar-refractivity contribution in [1.82, 2.24) is 4.90 Å². The van der Waals surface area contributed by atoms with Crippen molar-refractivity contribution in [2.75, 3.05) is 6.54 Å². The summed E-state index contributed by atoms with van der Waals surface area (Å²) in [4.78, 5) is 1.85.